The van der Waals surface area contributed by atoms with Crippen molar-refractivity contribution >= 4 is 41.5 Å². The normalized spacial score (nSPS) is 16.0. The zero-order valence-electron chi connectivity index (χ0n) is 17.1. The number of benzene rings is 1. The van der Waals surface area contributed by atoms with E-state index < -0.39 is 0 Å². The van der Waals surface area contributed by atoms with Crippen molar-refractivity contribution in [1.82, 2.24) is 10.6 Å². The monoisotopic (exact) mass is 502 g/mol. The molecule has 0 aromatic heterocycles. The Morgan fingerprint density at radius 1 is 1.21 bits per heavy atom. The van der Waals surface area contributed by atoms with Gasteiger partial charge in [-0.2, -0.15) is 0 Å². The maximum Gasteiger partial charge on any atom is 0.221 e. The summed E-state index contributed by atoms with van der Waals surface area (Å²) in [7, 11) is 0. The highest BCUT2D eigenvalue weighted by Crippen LogP contribution is 2.38. The molecule has 0 saturated heterocycles. The highest BCUT2D eigenvalue weighted by atomic mass is 127. The molecule has 1 aliphatic carbocycles. The summed E-state index contributed by atoms with van der Waals surface area (Å²) in [6, 6.07) is 7.75. The molecule has 7 heteroatoms. The number of hydrogen-bond donors (Lipinski definition) is 4. The number of aliphatic imine (C=N–C) groups is 1. The molecule has 1 fully saturated rings. The van der Waals surface area contributed by atoms with Crippen molar-refractivity contribution in [2.75, 3.05) is 25.0 Å². The standard InChI is InChI=1S/C21H34N4O2.HI/c1-3-22-20(24-16-21(12-13-26)10-5-4-6-11-21)23-15-18-8-7-9-19(14-18)25-17(2)27;/h7-9,14,26H,3-6,10-13,15-16H2,1-2H3,(H,25,27)(H2,22,23,24);1H. The summed E-state index contributed by atoms with van der Waals surface area (Å²) in [6.45, 7) is 5.97. The number of nitrogens with one attached hydrogen (secondary N) is 3. The van der Waals surface area contributed by atoms with Crippen LogP contribution in [0.1, 0.15) is 57.9 Å². The molecule has 1 amide bonds. The Labute approximate surface area is 186 Å². The van der Waals surface area contributed by atoms with E-state index in [4.69, 9.17) is 4.99 Å². The quantitative estimate of drug-likeness (QED) is 0.249. The predicted molar refractivity (Wildman–Crippen MR) is 126 cm³/mol. The number of nitrogens with zero attached hydrogens (tertiary/aromatic N) is 1. The van der Waals surface area contributed by atoms with Crippen LogP contribution in [0, 0.1) is 5.41 Å². The molecule has 28 heavy (non-hydrogen) atoms. The third-order valence-corrected chi connectivity index (χ3v) is 5.20. The van der Waals surface area contributed by atoms with Crippen molar-refractivity contribution in [3.8, 4) is 0 Å². The Bertz CT molecular complexity index is 625. The molecule has 1 aromatic carbocycles. The molecule has 0 radical (unpaired) electrons. The lowest BCUT2D eigenvalue weighted by Gasteiger charge is -2.37. The fourth-order valence-electron chi connectivity index (χ4n) is 3.79. The van der Waals surface area contributed by atoms with Crippen molar-refractivity contribution in [3.05, 3.63) is 29.8 Å². The van der Waals surface area contributed by atoms with Crippen LogP contribution in [0.2, 0.25) is 0 Å². The average molecular weight is 502 g/mol. The average Bonchev–Trinajstić information content (AvgIpc) is 2.65. The van der Waals surface area contributed by atoms with Gasteiger partial charge in [0.25, 0.3) is 0 Å². The highest BCUT2D eigenvalue weighted by molar-refractivity contribution is 14.0. The van der Waals surface area contributed by atoms with Gasteiger partial charge in [-0.15, -0.1) is 24.0 Å². The number of amides is 1. The zero-order valence-corrected chi connectivity index (χ0v) is 19.4. The van der Waals surface area contributed by atoms with Gasteiger partial charge in [0, 0.05) is 32.3 Å². The first-order chi connectivity index (χ1) is 13.1. The summed E-state index contributed by atoms with van der Waals surface area (Å²) >= 11 is 0. The van der Waals surface area contributed by atoms with Crippen LogP contribution in [0.15, 0.2) is 29.3 Å². The van der Waals surface area contributed by atoms with E-state index in [0.717, 1.165) is 36.7 Å². The fourth-order valence-corrected chi connectivity index (χ4v) is 3.79. The first kappa shape index (κ1) is 24.7. The Morgan fingerprint density at radius 3 is 2.61 bits per heavy atom. The minimum atomic E-state index is -0.0766. The second kappa shape index (κ2) is 13.0. The molecule has 0 spiro atoms. The lowest BCUT2D eigenvalue weighted by atomic mass is 9.72. The molecule has 1 aromatic rings. The Morgan fingerprint density at radius 2 is 1.96 bits per heavy atom. The van der Waals surface area contributed by atoms with E-state index in [-0.39, 0.29) is 41.9 Å². The van der Waals surface area contributed by atoms with Crippen LogP contribution in [0.4, 0.5) is 5.69 Å². The minimum Gasteiger partial charge on any atom is -0.396 e. The van der Waals surface area contributed by atoms with Crippen LogP contribution >= 0.6 is 24.0 Å². The number of hydrogen-bond acceptors (Lipinski definition) is 3. The maximum absolute atomic E-state index is 11.2. The lowest BCUT2D eigenvalue weighted by molar-refractivity contribution is -0.114. The molecule has 0 heterocycles. The molecular weight excluding hydrogens is 467 g/mol. The van der Waals surface area contributed by atoms with Gasteiger partial charge in [0.1, 0.15) is 0 Å². The van der Waals surface area contributed by atoms with Gasteiger partial charge in [0.15, 0.2) is 5.96 Å². The second-order valence-electron chi connectivity index (χ2n) is 7.46. The third kappa shape index (κ3) is 8.34. The molecule has 1 saturated carbocycles. The molecule has 2 rings (SSSR count). The van der Waals surface area contributed by atoms with Crippen LogP contribution < -0.4 is 16.0 Å². The van der Waals surface area contributed by atoms with Crippen molar-refractivity contribution in [2.24, 2.45) is 10.4 Å². The van der Waals surface area contributed by atoms with Crippen LogP contribution in [-0.2, 0) is 11.3 Å². The van der Waals surface area contributed by atoms with Crippen LogP contribution in [0.3, 0.4) is 0 Å². The molecular formula is C21H35IN4O2. The molecule has 1 aliphatic rings. The van der Waals surface area contributed by atoms with Gasteiger partial charge in [-0.3, -0.25) is 4.79 Å². The molecule has 0 aliphatic heterocycles. The van der Waals surface area contributed by atoms with Gasteiger partial charge < -0.3 is 21.1 Å². The van der Waals surface area contributed by atoms with Gasteiger partial charge in [0.2, 0.25) is 5.91 Å². The van der Waals surface area contributed by atoms with E-state index in [2.05, 4.69) is 22.9 Å². The van der Waals surface area contributed by atoms with Crippen LogP contribution in [0.5, 0.6) is 0 Å². The zero-order chi connectivity index (χ0) is 19.5. The summed E-state index contributed by atoms with van der Waals surface area (Å²) in [5.74, 6) is 0.720. The van der Waals surface area contributed by atoms with Crippen LogP contribution in [-0.4, -0.2) is 36.7 Å². The SMILES string of the molecule is CCNC(=NCc1cccc(NC(C)=O)c1)NCC1(CCO)CCCCC1.I. The van der Waals surface area contributed by atoms with E-state index >= 15 is 0 Å². The summed E-state index contributed by atoms with van der Waals surface area (Å²) < 4.78 is 0. The summed E-state index contributed by atoms with van der Waals surface area (Å²) in [5.41, 5.74) is 2.01. The largest absolute Gasteiger partial charge is 0.396 e. The number of anilines is 1. The number of halogens is 1. The predicted octanol–water partition coefficient (Wildman–Crippen LogP) is 3.65. The smallest absolute Gasteiger partial charge is 0.221 e. The van der Waals surface area contributed by atoms with Crippen molar-refractivity contribution in [3.63, 3.8) is 0 Å². The number of guanidine groups is 1. The van der Waals surface area contributed by atoms with Gasteiger partial charge in [-0.1, -0.05) is 31.4 Å². The van der Waals surface area contributed by atoms with Crippen molar-refractivity contribution in [1.29, 1.82) is 0 Å². The molecule has 0 atom stereocenters. The summed E-state index contributed by atoms with van der Waals surface area (Å²) in [6.07, 6.45) is 6.96. The van der Waals surface area contributed by atoms with Gasteiger partial charge in [-0.25, -0.2) is 4.99 Å². The van der Waals surface area contributed by atoms with Gasteiger partial charge in [-0.05, 0) is 49.3 Å². The molecule has 6 nitrogen and oxygen atoms in total. The maximum atomic E-state index is 11.2. The summed E-state index contributed by atoms with van der Waals surface area (Å²) in [5, 5.41) is 19.1. The van der Waals surface area contributed by atoms with Crippen molar-refractivity contribution < 1.29 is 9.90 Å². The second-order valence-corrected chi connectivity index (χ2v) is 7.46. The Kier molecular flexibility index (Phi) is 11.4. The molecule has 0 bridgehead atoms. The first-order valence-electron chi connectivity index (χ1n) is 10.1. The number of aliphatic hydroxyl groups is 1. The topological polar surface area (TPSA) is 85.8 Å². The van der Waals surface area contributed by atoms with Gasteiger partial charge in [0.05, 0.1) is 6.54 Å². The Hall–Kier alpha value is -1.35. The minimum absolute atomic E-state index is 0. The third-order valence-electron chi connectivity index (χ3n) is 5.20. The number of carbonyl (C=O) groups is 1. The van der Waals surface area contributed by atoms with E-state index in [9.17, 15) is 9.90 Å². The Balaban J connectivity index is 0.00000392. The lowest BCUT2D eigenvalue weighted by Crippen LogP contribution is -2.44. The fraction of sp³-hybridized carbons (Fsp3) is 0.619. The first-order valence-corrected chi connectivity index (χ1v) is 10.1. The molecule has 4 N–H and O–H groups in total. The van der Waals surface area contributed by atoms with Crippen LogP contribution in [0.25, 0.3) is 0 Å². The van der Waals surface area contributed by atoms with Crippen molar-refractivity contribution in [2.45, 2.75) is 58.9 Å². The van der Waals surface area contributed by atoms with E-state index in [1.807, 2.05) is 24.3 Å². The summed E-state index contributed by atoms with van der Waals surface area (Å²) in [4.78, 5) is 15.9. The van der Waals surface area contributed by atoms with Gasteiger partial charge >= 0.3 is 0 Å². The highest BCUT2D eigenvalue weighted by Gasteiger charge is 2.31. The number of rotatable bonds is 8. The molecule has 158 valence electrons. The van der Waals surface area contributed by atoms with E-state index in [0.29, 0.717) is 6.54 Å². The van der Waals surface area contributed by atoms with E-state index in [1.54, 1.807) is 0 Å². The number of carbonyl (C=O) groups excluding carboxylic acids is 1. The number of aliphatic hydroxyl groups excluding tert-OH is 1. The van der Waals surface area contributed by atoms with E-state index in [1.165, 1.54) is 39.0 Å². The molecule has 0 unspecified atom stereocenters.